The van der Waals surface area contributed by atoms with Crippen molar-refractivity contribution in [3.63, 3.8) is 0 Å². The number of benzene rings is 1. The second kappa shape index (κ2) is 8.19. The van der Waals surface area contributed by atoms with E-state index in [1.165, 1.54) is 0 Å². The Kier molecular flexibility index (Phi) is 5.51. The zero-order chi connectivity index (χ0) is 17.5. The fraction of sp³-hybridized carbons (Fsp3) is 0.263. The Bertz CT molecular complexity index is 788. The molecule has 6 heteroatoms. The van der Waals surface area contributed by atoms with Gasteiger partial charge in [0, 0.05) is 29.7 Å². The van der Waals surface area contributed by atoms with Crippen LogP contribution in [0.3, 0.4) is 0 Å². The Morgan fingerprint density at radius 2 is 1.52 bits per heavy atom. The summed E-state index contributed by atoms with van der Waals surface area (Å²) in [5.41, 5.74) is 1.84. The van der Waals surface area contributed by atoms with Crippen LogP contribution in [0.5, 0.6) is 0 Å². The standard InChI is InChI=1S/C19H22N6/c1-3-15(4-2)21-18-23-17(14-8-6-5-7-9-14)24-19(25-18)22-16-10-12-20-13-11-16/h5-13,15H,3-4H2,1-2H3,(H2,20,21,22,23,24,25). The van der Waals surface area contributed by atoms with Crippen molar-refractivity contribution in [2.45, 2.75) is 32.7 Å². The highest BCUT2D eigenvalue weighted by molar-refractivity contribution is 5.60. The van der Waals surface area contributed by atoms with Gasteiger partial charge in [0.15, 0.2) is 5.82 Å². The van der Waals surface area contributed by atoms with Crippen LogP contribution in [-0.2, 0) is 0 Å². The zero-order valence-corrected chi connectivity index (χ0v) is 14.5. The molecule has 1 aromatic carbocycles. The average molecular weight is 334 g/mol. The van der Waals surface area contributed by atoms with E-state index in [0.29, 0.717) is 23.8 Å². The monoisotopic (exact) mass is 334 g/mol. The summed E-state index contributed by atoms with van der Waals surface area (Å²) < 4.78 is 0. The lowest BCUT2D eigenvalue weighted by Gasteiger charge is -2.16. The van der Waals surface area contributed by atoms with Crippen LogP contribution in [0, 0.1) is 0 Å². The number of aromatic nitrogens is 4. The molecule has 2 N–H and O–H groups in total. The second-order valence-electron chi connectivity index (χ2n) is 5.69. The van der Waals surface area contributed by atoms with E-state index in [1.54, 1.807) is 12.4 Å². The van der Waals surface area contributed by atoms with Gasteiger partial charge in [0.05, 0.1) is 0 Å². The summed E-state index contributed by atoms with van der Waals surface area (Å²) in [6.07, 6.45) is 5.47. The molecule has 0 aliphatic carbocycles. The van der Waals surface area contributed by atoms with E-state index in [2.05, 4.69) is 44.4 Å². The van der Waals surface area contributed by atoms with Gasteiger partial charge in [-0.15, -0.1) is 0 Å². The Morgan fingerprint density at radius 3 is 2.20 bits per heavy atom. The molecule has 0 spiro atoms. The van der Waals surface area contributed by atoms with Crippen molar-refractivity contribution in [2.75, 3.05) is 10.6 Å². The van der Waals surface area contributed by atoms with E-state index in [1.807, 2.05) is 42.5 Å². The summed E-state index contributed by atoms with van der Waals surface area (Å²) in [4.78, 5) is 17.7. The molecule has 128 valence electrons. The first-order valence-corrected chi connectivity index (χ1v) is 8.53. The lowest BCUT2D eigenvalue weighted by atomic mass is 10.2. The molecule has 0 aliphatic heterocycles. The van der Waals surface area contributed by atoms with Crippen molar-refractivity contribution >= 4 is 17.6 Å². The fourth-order valence-corrected chi connectivity index (χ4v) is 2.45. The van der Waals surface area contributed by atoms with E-state index in [-0.39, 0.29) is 0 Å². The van der Waals surface area contributed by atoms with Crippen molar-refractivity contribution in [2.24, 2.45) is 0 Å². The first-order valence-electron chi connectivity index (χ1n) is 8.53. The summed E-state index contributed by atoms with van der Waals surface area (Å²) in [5, 5.41) is 6.62. The van der Waals surface area contributed by atoms with Gasteiger partial charge in [-0.1, -0.05) is 44.2 Å². The molecule has 0 fully saturated rings. The summed E-state index contributed by atoms with van der Waals surface area (Å²) in [6, 6.07) is 14.0. The minimum absolute atomic E-state index is 0.333. The lowest BCUT2D eigenvalue weighted by Crippen LogP contribution is -2.19. The first kappa shape index (κ1) is 16.8. The van der Waals surface area contributed by atoms with E-state index in [4.69, 9.17) is 0 Å². The number of nitrogens with zero attached hydrogens (tertiary/aromatic N) is 4. The third-order valence-corrected chi connectivity index (χ3v) is 3.92. The molecule has 3 aromatic rings. The van der Waals surface area contributed by atoms with E-state index >= 15 is 0 Å². The van der Waals surface area contributed by atoms with Crippen LogP contribution in [0.1, 0.15) is 26.7 Å². The van der Waals surface area contributed by atoms with Crippen molar-refractivity contribution in [3.05, 3.63) is 54.9 Å². The van der Waals surface area contributed by atoms with Crippen LogP contribution >= 0.6 is 0 Å². The van der Waals surface area contributed by atoms with Gasteiger partial charge in [0.1, 0.15) is 0 Å². The maximum atomic E-state index is 4.60. The number of hydrogen-bond acceptors (Lipinski definition) is 6. The van der Waals surface area contributed by atoms with Crippen LogP contribution in [0.2, 0.25) is 0 Å². The van der Waals surface area contributed by atoms with Crippen molar-refractivity contribution in [1.82, 2.24) is 19.9 Å². The summed E-state index contributed by atoms with van der Waals surface area (Å²) in [5.74, 6) is 1.73. The molecular weight excluding hydrogens is 312 g/mol. The highest BCUT2D eigenvalue weighted by atomic mass is 15.2. The third kappa shape index (κ3) is 4.50. The van der Waals surface area contributed by atoms with Crippen molar-refractivity contribution < 1.29 is 0 Å². The number of anilines is 3. The molecule has 6 nitrogen and oxygen atoms in total. The molecule has 0 unspecified atom stereocenters. The van der Waals surface area contributed by atoms with Gasteiger partial charge < -0.3 is 10.6 Å². The minimum atomic E-state index is 0.333. The summed E-state index contributed by atoms with van der Waals surface area (Å²) in [7, 11) is 0. The minimum Gasteiger partial charge on any atom is -0.351 e. The van der Waals surface area contributed by atoms with E-state index in [0.717, 1.165) is 24.1 Å². The Morgan fingerprint density at radius 1 is 0.840 bits per heavy atom. The number of rotatable bonds is 7. The predicted octanol–water partition coefficient (Wildman–Crippen LogP) is 4.28. The summed E-state index contributed by atoms with van der Waals surface area (Å²) in [6.45, 7) is 4.30. The molecule has 0 saturated heterocycles. The van der Waals surface area contributed by atoms with Crippen molar-refractivity contribution in [1.29, 1.82) is 0 Å². The molecule has 2 aromatic heterocycles. The lowest BCUT2D eigenvalue weighted by molar-refractivity contribution is 0.664. The molecule has 2 heterocycles. The SMILES string of the molecule is CCC(CC)Nc1nc(Nc2ccncc2)nc(-c2ccccc2)n1. The third-order valence-electron chi connectivity index (χ3n) is 3.92. The van der Waals surface area contributed by atoms with Crippen LogP contribution in [-0.4, -0.2) is 26.0 Å². The first-order chi connectivity index (χ1) is 12.3. The molecule has 0 saturated carbocycles. The molecule has 0 aliphatic rings. The zero-order valence-electron chi connectivity index (χ0n) is 14.5. The van der Waals surface area contributed by atoms with Gasteiger partial charge >= 0.3 is 0 Å². The van der Waals surface area contributed by atoms with Gasteiger partial charge in [-0.2, -0.15) is 15.0 Å². The Balaban J connectivity index is 1.95. The van der Waals surface area contributed by atoms with Crippen LogP contribution in [0.4, 0.5) is 17.6 Å². The topological polar surface area (TPSA) is 75.6 Å². The summed E-state index contributed by atoms with van der Waals surface area (Å²) >= 11 is 0. The van der Waals surface area contributed by atoms with E-state index in [9.17, 15) is 0 Å². The maximum absolute atomic E-state index is 4.60. The Labute approximate surface area is 147 Å². The van der Waals surface area contributed by atoms with Gasteiger partial charge in [-0.3, -0.25) is 4.98 Å². The van der Waals surface area contributed by atoms with Crippen molar-refractivity contribution in [3.8, 4) is 11.4 Å². The van der Waals surface area contributed by atoms with Gasteiger partial charge in [0.25, 0.3) is 0 Å². The molecule has 0 bridgehead atoms. The van der Waals surface area contributed by atoms with E-state index < -0.39 is 0 Å². The average Bonchev–Trinajstić information content (AvgIpc) is 2.67. The molecule has 0 amide bonds. The maximum Gasteiger partial charge on any atom is 0.232 e. The Hall–Kier alpha value is -3.02. The van der Waals surface area contributed by atoms with Gasteiger partial charge in [-0.05, 0) is 25.0 Å². The smallest absolute Gasteiger partial charge is 0.232 e. The second-order valence-corrected chi connectivity index (χ2v) is 5.69. The largest absolute Gasteiger partial charge is 0.351 e. The quantitative estimate of drug-likeness (QED) is 0.672. The van der Waals surface area contributed by atoms with Crippen LogP contribution in [0.25, 0.3) is 11.4 Å². The normalized spacial score (nSPS) is 10.7. The fourth-order valence-electron chi connectivity index (χ4n) is 2.45. The number of hydrogen-bond donors (Lipinski definition) is 2. The molecule has 0 radical (unpaired) electrons. The highest BCUT2D eigenvalue weighted by Gasteiger charge is 2.11. The molecule has 25 heavy (non-hydrogen) atoms. The molecular formula is C19H22N6. The molecule has 3 rings (SSSR count). The number of pyridine rings is 1. The van der Waals surface area contributed by atoms with Crippen LogP contribution < -0.4 is 10.6 Å². The van der Waals surface area contributed by atoms with Crippen LogP contribution in [0.15, 0.2) is 54.9 Å². The molecule has 0 atom stereocenters. The highest BCUT2D eigenvalue weighted by Crippen LogP contribution is 2.20. The van der Waals surface area contributed by atoms with Gasteiger partial charge in [0.2, 0.25) is 11.9 Å². The number of nitrogens with one attached hydrogen (secondary N) is 2. The predicted molar refractivity (Wildman–Crippen MR) is 101 cm³/mol. The van der Waals surface area contributed by atoms with Gasteiger partial charge in [-0.25, -0.2) is 0 Å².